The molecule has 0 saturated heterocycles. The number of hydrogen-bond acceptors (Lipinski definition) is 4. The highest BCUT2D eigenvalue weighted by Gasteiger charge is 2.30. The molecule has 46 heavy (non-hydrogen) atoms. The summed E-state index contributed by atoms with van der Waals surface area (Å²) in [7, 11) is -2.97. The molecule has 6 aromatic rings. The van der Waals surface area contributed by atoms with Gasteiger partial charge in [0.1, 0.15) is 5.82 Å². The van der Waals surface area contributed by atoms with Crippen LogP contribution in [0.4, 0.5) is 10.1 Å². The van der Waals surface area contributed by atoms with Crippen molar-refractivity contribution < 1.29 is 22.3 Å². The average Bonchev–Trinajstić information content (AvgIpc) is 3.39. The van der Waals surface area contributed by atoms with Gasteiger partial charge in [-0.25, -0.2) is 26.4 Å². The molecule has 0 radical (unpaired) electrons. The van der Waals surface area contributed by atoms with E-state index in [0.717, 1.165) is 11.1 Å². The van der Waals surface area contributed by atoms with Crippen molar-refractivity contribution >= 4 is 44.2 Å². The van der Waals surface area contributed by atoms with E-state index in [-0.39, 0.29) is 21.7 Å². The van der Waals surface area contributed by atoms with Crippen LogP contribution in [-0.2, 0) is 14.8 Å². The zero-order chi connectivity index (χ0) is 32.7. The van der Waals surface area contributed by atoms with Crippen LogP contribution in [0.3, 0.4) is 0 Å². The lowest BCUT2D eigenvalue weighted by Gasteiger charge is -2.16. The Morgan fingerprint density at radius 2 is 1.54 bits per heavy atom. The highest BCUT2D eigenvalue weighted by atomic mass is 35.5. The summed E-state index contributed by atoms with van der Waals surface area (Å²) in [5.74, 6) is -1.08. The quantitative estimate of drug-likeness (QED) is 0.133. The normalized spacial score (nSPS) is 11.4. The lowest BCUT2D eigenvalue weighted by molar-refractivity contribution is 0.0600. The van der Waals surface area contributed by atoms with Crippen molar-refractivity contribution in [2.75, 3.05) is 7.11 Å². The molecule has 5 aromatic carbocycles. The predicted molar refractivity (Wildman–Crippen MR) is 179 cm³/mol. The van der Waals surface area contributed by atoms with E-state index >= 15 is 0 Å². The summed E-state index contributed by atoms with van der Waals surface area (Å²) in [4.78, 5) is 15.9. The molecule has 0 aliphatic rings. The molecule has 0 unspecified atom stereocenters. The first-order chi connectivity index (χ1) is 22.0. The number of esters is 1. The lowest BCUT2D eigenvalue weighted by Crippen LogP contribution is -2.14. The summed E-state index contributed by atoms with van der Waals surface area (Å²) in [6.45, 7) is 11.7. The maximum Gasteiger partial charge on any atom is 0.337 e. The molecule has 6 nitrogen and oxygen atoms in total. The van der Waals surface area contributed by atoms with Gasteiger partial charge in [0.15, 0.2) is 5.69 Å². The van der Waals surface area contributed by atoms with Crippen LogP contribution in [0.1, 0.15) is 21.5 Å². The van der Waals surface area contributed by atoms with Crippen molar-refractivity contribution in [3.05, 3.63) is 142 Å². The number of ether oxygens (including phenoxy) is 1. The molecule has 6 rings (SSSR count). The number of carbonyl (C=O) groups is 1. The fourth-order valence-electron chi connectivity index (χ4n) is 5.61. The molecule has 1 heterocycles. The number of carbonyl (C=O) groups excluding carboxylic acids is 1. The van der Waals surface area contributed by atoms with E-state index < -0.39 is 21.8 Å². The number of halogens is 2. The van der Waals surface area contributed by atoms with E-state index in [2.05, 4.69) is 4.85 Å². The monoisotopic (exact) mass is 648 g/mol. The maximum absolute atomic E-state index is 15.0. The number of fused-ring (bicyclic) bond motifs is 1. The largest absolute Gasteiger partial charge is 0.465 e. The molecule has 228 valence electrons. The Labute approximate surface area is 271 Å². The van der Waals surface area contributed by atoms with Crippen LogP contribution in [0.25, 0.3) is 49.3 Å². The molecular weight excluding hydrogens is 623 g/mol. The Morgan fingerprint density at radius 1 is 0.848 bits per heavy atom. The number of aromatic nitrogens is 1. The second kappa shape index (κ2) is 11.9. The highest BCUT2D eigenvalue weighted by Crippen LogP contribution is 2.47. The Bertz CT molecular complexity index is 2340. The summed E-state index contributed by atoms with van der Waals surface area (Å²) in [6, 6.07) is 27.8. The van der Waals surface area contributed by atoms with Gasteiger partial charge in [-0.2, -0.15) is 0 Å². The molecule has 0 saturated carbocycles. The second-order valence-corrected chi connectivity index (χ2v) is 13.1. The van der Waals surface area contributed by atoms with Crippen molar-refractivity contribution in [3.8, 4) is 33.5 Å². The number of aryl methyl sites for hydroxylation is 2. The number of hydrogen-bond donors (Lipinski definition) is 0. The van der Waals surface area contributed by atoms with Gasteiger partial charge in [-0.1, -0.05) is 77.3 Å². The van der Waals surface area contributed by atoms with Gasteiger partial charge in [-0.15, -0.1) is 0 Å². The number of benzene rings is 5. The van der Waals surface area contributed by atoms with Gasteiger partial charge in [0, 0.05) is 27.1 Å². The summed E-state index contributed by atoms with van der Waals surface area (Å²) >= 11 is 6.64. The third kappa shape index (κ3) is 5.34. The fourth-order valence-corrected chi connectivity index (χ4v) is 7.44. The van der Waals surface area contributed by atoms with E-state index in [1.54, 1.807) is 66.7 Å². The predicted octanol–water partition coefficient (Wildman–Crippen LogP) is 9.63. The topological polar surface area (TPSA) is 69.7 Å². The van der Waals surface area contributed by atoms with Gasteiger partial charge in [0.05, 0.1) is 35.4 Å². The molecule has 0 bridgehead atoms. The first-order valence-corrected chi connectivity index (χ1v) is 16.0. The van der Waals surface area contributed by atoms with Crippen LogP contribution in [0.5, 0.6) is 0 Å². The van der Waals surface area contributed by atoms with Gasteiger partial charge in [-0.3, -0.25) is 0 Å². The van der Waals surface area contributed by atoms with Crippen LogP contribution in [0, 0.1) is 26.2 Å². The van der Waals surface area contributed by atoms with Gasteiger partial charge < -0.3 is 4.74 Å². The first kappa shape index (κ1) is 30.8. The molecule has 0 amide bonds. The summed E-state index contributed by atoms with van der Waals surface area (Å²) in [5.41, 5.74) is 5.46. The second-order valence-electron chi connectivity index (χ2n) is 10.9. The molecule has 0 aliphatic carbocycles. The van der Waals surface area contributed by atoms with E-state index in [1.165, 1.54) is 35.3 Å². The van der Waals surface area contributed by atoms with E-state index in [9.17, 15) is 17.6 Å². The van der Waals surface area contributed by atoms with Gasteiger partial charge in [0.25, 0.3) is 10.0 Å². The maximum atomic E-state index is 15.0. The van der Waals surface area contributed by atoms with Crippen LogP contribution in [-0.4, -0.2) is 25.5 Å². The highest BCUT2D eigenvalue weighted by molar-refractivity contribution is 7.90. The van der Waals surface area contributed by atoms with Crippen LogP contribution in [0.2, 0.25) is 5.02 Å². The minimum absolute atomic E-state index is 0.0547. The molecule has 0 N–H and O–H groups in total. The Morgan fingerprint density at radius 3 is 2.24 bits per heavy atom. The molecule has 0 spiro atoms. The number of rotatable bonds is 6. The van der Waals surface area contributed by atoms with Crippen molar-refractivity contribution in [1.82, 2.24) is 3.97 Å². The summed E-state index contributed by atoms with van der Waals surface area (Å²) in [5, 5.41) is 0.634. The SMILES string of the molecule is [C-]#[N+]c1cc(C)ccc1-c1c(-c2cccc(-c3ccc(C(=O)OC)cc3Cl)c2)n(S(=O)(=O)c2ccc(C)cc2)c2ccc(F)cc12. The standard InChI is InChI=1S/C37H26ClFN2O4S/c1-22-8-13-28(14-9-22)46(43,44)41-34-17-12-27(39)21-31(34)35(30-15-10-23(2)18-33(30)40-3)36(41)25-7-5-6-24(19-25)29-16-11-26(20-32(29)38)37(42)45-4/h5-21H,1-2,4H3. The van der Waals surface area contributed by atoms with Crippen molar-refractivity contribution in [1.29, 1.82) is 0 Å². The number of nitrogens with zero attached hydrogens (tertiary/aromatic N) is 2. The van der Waals surface area contributed by atoms with Crippen molar-refractivity contribution in [2.24, 2.45) is 0 Å². The third-order valence-electron chi connectivity index (χ3n) is 7.83. The zero-order valence-corrected chi connectivity index (χ0v) is 26.6. The molecular formula is C37H26ClFN2O4S. The molecule has 0 aliphatic heterocycles. The van der Waals surface area contributed by atoms with Gasteiger partial charge in [0.2, 0.25) is 0 Å². The molecule has 1 aromatic heterocycles. The summed E-state index contributed by atoms with van der Waals surface area (Å²) in [6.07, 6.45) is 0. The van der Waals surface area contributed by atoms with Crippen LogP contribution in [0.15, 0.2) is 108 Å². The number of methoxy groups -OCH3 is 1. The molecule has 0 atom stereocenters. The lowest BCUT2D eigenvalue weighted by atomic mass is 9.94. The third-order valence-corrected chi connectivity index (χ3v) is 9.87. The van der Waals surface area contributed by atoms with Crippen LogP contribution < -0.4 is 0 Å². The summed E-state index contributed by atoms with van der Waals surface area (Å²) < 4.78 is 50.2. The van der Waals surface area contributed by atoms with Crippen LogP contribution >= 0.6 is 11.6 Å². The fraction of sp³-hybridized carbons (Fsp3) is 0.0811. The smallest absolute Gasteiger partial charge is 0.337 e. The van der Waals surface area contributed by atoms with Gasteiger partial charge >= 0.3 is 5.97 Å². The van der Waals surface area contributed by atoms with Crippen molar-refractivity contribution in [2.45, 2.75) is 18.7 Å². The Kier molecular flexibility index (Phi) is 7.99. The Hall–Kier alpha value is -5.23. The minimum Gasteiger partial charge on any atom is -0.465 e. The zero-order valence-electron chi connectivity index (χ0n) is 25.0. The first-order valence-electron chi connectivity index (χ1n) is 14.2. The minimum atomic E-state index is -4.25. The van der Waals surface area contributed by atoms with Crippen molar-refractivity contribution in [3.63, 3.8) is 0 Å². The average molecular weight is 649 g/mol. The van der Waals surface area contributed by atoms with E-state index in [4.69, 9.17) is 22.9 Å². The van der Waals surface area contributed by atoms with E-state index in [1.807, 2.05) is 26.0 Å². The Balaban J connectivity index is 1.72. The molecule has 0 fully saturated rings. The van der Waals surface area contributed by atoms with Gasteiger partial charge in [-0.05, 0) is 73.5 Å². The molecule has 9 heteroatoms. The van der Waals surface area contributed by atoms with E-state index in [0.29, 0.717) is 43.9 Å².